The molecular weight excluding hydrogens is 356 g/mol. The van der Waals surface area contributed by atoms with E-state index in [0.29, 0.717) is 24.7 Å². The van der Waals surface area contributed by atoms with Gasteiger partial charge in [0.2, 0.25) is 0 Å². The van der Waals surface area contributed by atoms with E-state index in [9.17, 15) is 4.79 Å². The molecule has 28 heavy (non-hydrogen) atoms. The quantitative estimate of drug-likeness (QED) is 0.582. The SMILES string of the molecule is CCn1c(=O)n(CC2CCN(c3ncnc4nc[nH]c34)CC2)c2ncccc21. The first-order valence-corrected chi connectivity index (χ1v) is 9.69. The Morgan fingerprint density at radius 1 is 1.14 bits per heavy atom. The third-order valence-electron chi connectivity index (χ3n) is 5.65. The van der Waals surface area contributed by atoms with Crippen molar-refractivity contribution in [3.8, 4) is 0 Å². The topological polar surface area (TPSA) is 97.5 Å². The predicted octanol–water partition coefficient (Wildman–Crippen LogP) is 1.80. The van der Waals surface area contributed by atoms with Gasteiger partial charge in [0.15, 0.2) is 17.1 Å². The summed E-state index contributed by atoms with van der Waals surface area (Å²) in [7, 11) is 0. The zero-order chi connectivity index (χ0) is 19.1. The summed E-state index contributed by atoms with van der Waals surface area (Å²) in [6, 6.07) is 3.85. The third kappa shape index (κ3) is 2.65. The Labute approximate surface area is 161 Å². The van der Waals surface area contributed by atoms with E-state index >= 15 is 0 Å². The van der Waals surface area contributed by atoms with E-state index < -0.39 is 0 Å². The number of pyridine rings is 1. The van der Waals surface area contributed by atoms with Crippen LogP contribution in [-0.2, 0) is 13.1 Å². The molecule has 5 heterocycles. The monoisotopic (exact) mass is 378 g/mol. The molecule has 1 aliphatic heterocycles. The van der Waals surface area contributed by atoms with Crippen LogP contribution in [0, 0.1) is 5.92 Å². The second-order valence-corrected chi connectivity index (χ2v) is 7.21. The van der Waals surface area contributed by atoms with Crippen LogP contribution in [0.4, 0.5) is 5.82 Å². The van der Waals surface area contributed by atoms with Gasteiger partial charge in [0, 0.05) is 32.4 Å². The number of imidazole rings is 2. The fraction of sp³-hybridized carbons (Fsp3) is 0.421. The maximum Gasteiger partial charge on any atom is 0.330 e. The molecule has 4 aromatic heterocycles. The molecule has 0 bridgehead atoms. The molecule has 4 aromatic rings. The number of hydrogen-bond donors (Lipinski definition) is 1. The van der Waals surface area contributed by atoms with Gasteiger partial charge >= 0.3 is 5.69 Å². The average molecular weight is 378 g/mol. The number of nitrogens with one attached hydrogen (secondary N) is 1. The summed E-state index contributed by atoms with van der Waals surface area (Å²) in [5, 5.41) is 0. The number of fused-ring (bicyclic) bond motifs is 2. The molecule has 0 saturated carbocycles. The molecule has 0 atom stereocenters. The molecule has 9 heteroatoms. The van der Waals surface area contributed by atoms with Crippen LogP contribution in [0.2, 0.25) is 0 Å². The number of H-pyrrole nitrogens is 1. The fourth-order valence-electron chi connectivity index (χ4n) is 4.19. The van der Waals surface area contributed by atoms with E-state index in [0.717, 1.165) is 48.4 Å². The van der Waals surface area contributed by atoms with Crippen molar-refractivity contribution in [3.63, 3.8) is 0 Å². The van der Waals surface area contributed by atoms with Crippen LogP contribution >= 0.6 is 0 Å². The van der Waals surface area contributed by atoms with Crippen molar-refractivity contribution in [1.29, 1.82) is 0 Å². The highest BCUT2D eigenvalue weighted by atomic mass is 16.1. The lowest BCUT2D eigenvalue weighted by molar-refractivity contribution is 0.354. The lowest BCUT2D eigenvalue weighted by Crippen LogP contribution is -2.37. The summed E-state index contributed by atoms with van der Waals surface area (Å²) in [6.07, 6.45) is 6.97. The normalized spacial score (nSPS) is 15.7. The van der Waals surface area contributed by atoms with Crippen LogP contribution in [0.3, 0.4) is 0 Å². The number of aromatic nitrogens is 7. The highest BCUT2D eigenvalue weighted by molar-refractivity contribution is 5.82. The van der Waals surface area contributed by atoms with Gasteiger partial charge in [-0.25, -0.2) is 24.7 Å². The Balaban J connectivity index is 1.36. The number of anilines is 1. The van der Waals surface area contributed by atoms with Crippen molar-refractivity contribution in [3.05, 3.63) is 41.5 Å². The van der Waals surface area contributed by atoms with Crippen LogP contribution in [0.5, 0.6) is 0 Å². The number of piperidine rings is 1. The molecule has 0 radical (unpaired) electrons. The second kappa shape index (κ2) is 6.74. The Morgan fingerprint density at radius 3 is 2.82 bits per heavy atom. The zero-order valence-electron chi connectivity index (χ0n) is 15.7. The molecule has 1 fully saturated rings. The van der Waals surface area contributed by atoms with E-state index in [-0.39, 0.29) is 5.69 Å². The Bertz CT molecular complexity index is 1180. The molecular formula is C19H22N8O. The van der Waals surface area contributed by atoms with Gasteiger partial charge in [-0.2, -0.15) is 0 Å². The van der Waals surface area contributed by atoms with Gasteiger partial charge in [-0.05, 0) is 37.8 Å². The molecule has 1 aliphatic rings. The summed E-state index contributed by atoms with van der Waals surface area (Å²) < 4.78 is 3.64. The van der Waals surface area contributed by atoms with E-state index in [1.54, 1.807) is 23.4 Å². The van der Waals surface area contributed by atoms with E-state index in [4.69, 9.17) is 0 Å². The number of hydrogen-bond acceptors (Lipinski definition) is 6. The molecule has 144 valence electrons. The highest BCUT2D eigenvalue weighted by Crippen LogP contribution is 2.26. The van der Waals surface area contributed by atoms with Gasteiger partial charge in [0.1, 0.15) is 11.8 Å². The van der Waals surface area contributed by atoms with Gasteiger partial charge < -0.3 is 9.88 Å². The molecule has 5 rings (SSSR count). The van der Waals surface area contributed by atoms with Crippen molar-refractivity contribution in [2.75, 3.05) is 18.0 Å². The fourth-order valence-corrected chi connectivity index (χ4v) is 4.19. The molecule has 1 saturated heterocycles. The first-order valence-electron chi connectivity index (χ1n) is 9.69. The van der Waals surface area contributed by atoms with E-state index in [1.165, 1.54) is 0 Å². The molecule has 0 unspecified atom stereocenters. The molecule has 1 N–H and O–H groups in total. The van der Waals surface area contributed by atoms with Crippen LogP contribution in [-0.4, -0.2) is 47.1 Å². The Morgan fingerprint density at radius 2 is 2.00 bits per heavy atom. The lowest BCUT2D eigenvalue weighted by Gasteiger charge is -2.32. The largest absolute Gasteiger partial charge is 0.355 e. The van der Waals surface area contributed by atoms with Crippen molar-refractivity contribution in [2.24, 2.45) is 5.92 Å². The predicted molar refractivity (Wildman–Crippen MR) is 106 cm³/mol. The van der Waals surface area contributed by atoms with E-state index in [1.807, 2.05) is 23.6 Å². The summed E-state index contributed by atoms with van der Waals surface area (Å²) in [6.45, 7) is 5.14. The number of aromatic amines is 1. The smallest absolute Gasteiger partial charge is 0.330 e. The standard InChI is InChI=1S/C19H22N8O/c1-2-26-14-4-3-7-20-17(14)27(19(26)28)10-13-5-8-25(9-6-13)18-15-16(22-11-21-15)23-12-24-18/h3-4,7,11-13H,2,5-6,8-10H2,1H3,(H,21,22,23,24). The van der Waals surface area contributed by atoms with Crippen LogP contribution in [0.1, 0.15) is 19.8 Å². The Hall–Kier alpha value is -3.23. The van der Waals surface area contributed by atoms with Crippen molar-refractivity contribution >= 4 is 28.1 Å². The van der Waals surface area contributed by atoms with Gasteiger partial charge in [0.05, 0.1) is 11.8 Å². The summed E-state index contributed by atoms with van der Waals surface area (Å²) in [5.74, 6) is 1.34. The minimum absolute atomic E-state index is 0.0357. The second-order valence-electron chi connectivity index (χ2n) is 7.21. The third-order valence-corrected chi connectivity index (χ3v) is 5.65. The first-order chi connectivity index (χ1) is 13.8. The molecule has 9 nitrogen and oxygen atoms in total. The summed E-state index contributed by atoms with van der Waals surface area (Å²) in [5.41, 5.74) is 3.31. The number of aryl methyl sites for hydroxylation is 1. The molecule has 0 aliphatic carbocycles. The van der Waals surface area contributed by atoms with Gasteiger partial charge in [0.25, 0.3) is 0 Å². The highest BCUT2D eigenvalue weighted by Gasteiger charge is 2.24. The van der Waals surface area contributed by atoms with Crippen molar-refractivity contribution < 1.29 is 0 Å². The van der Waals surface area contributed by atoms with Crippen LogP contribution in [0.15, 0.2) is 35.8 Å². The van der Waals surface area contributed by atoms with Crippen molar-refractivity contribution in [1.82, 2.24) is 34.1 Å². The molecule has 0 amide bonds. The number of nitrogens with zero attached hydrogens (tertiary/aromatic N) is 7. The van der Waals surface area contributed by atoms with E-state index in [2.05, 4.69) is 29.8 Å². The van der Waals surface area contributed by atoms with Crippen LogP contribution in [0.25, 0.3) is 22.3 Å². The van der Waals surface area contributed by atoms with Gasteiger partial charge in [-0.15, -0.1) is 0 Å². The zero-order valence-corrected chi connectivity index (χ0v) is 15.7. The number of rotatable bonds is 4. The maximum absolute atomic E-state index is 12.8. The molecule has 0 aromatic carbocycles. The van der Waals surface area contributed by atoms with Gasteiger partial charge in [-0.1, -0.05) is 0 Å². The van der Waals surface area contributed by atoms with Crippen molar-refractivity contribution in [2.45, 2.75) is 32.9 Å². The first kappa shape index (κ1) is 16.9. The maximum atomic E-state index is 12.8. The Kier molecular flexibility index (Phi) is 4.07. The minimum Gasteiger partial charge on any atom is -0.355 e. The minimum atomic E-state index is 0.0357. The molecule has 0 spiro atoms. The van der Waals surface area contributed by atoms with Gasteiger partial charge in [-0.3, -0.25) is 9.13 Å². The summed E-state index contributed by atoms with van der Waals surface area (Å²) in [4.78, 5) is 35.6. The lowest BCUT2D eigenvalue weighted by atomic mass is 9.96. The summed E-state index contributed by atoms with van der Waals surface area (Å²) >= 11 is 0. The van der Waals surface area contributed by atoms with Crippen LogP contribution < -0.4 is 10.6 Å². The average Bonchev–Trinajstić information content (AvgIpc) is 3.31.